The molecular formula is C19H25N3O3. The Bertz CT molecular complexity index is 773. The molecule has 1 saturated heterocycles. The summed E-state index contributed by atoms with van der Waals surface area (Å²) in [7, 11) is 5.43. The molecule has 2 bridgehead atoms. The second kappa shape index (κ2) is 5.66. The standard InChI is InChI=1S/C19H25N3O3/c1-22-7-6-19-10-13(21-20)16(25-3)9-12(19)14(22)8-11-4-5-15(24-2)18(23)17(11)19/h4-5,9,12,14,23H,6-8,10,20H2,1-3H3/b21-13+/t12-,14-,19+/m0/s1. The van der Waals surface area contributed by atoms with Crippen molar-refractivity contribution in [3.63, 3.8) is 0 Å². The van der Waals surface area contributed by atoms with E-state index in [0.29, 0.717) is 18.2 Å². The van der Waals surface area contributed by atoms with Crippen LogP contribution < -0.4 is 10.6 Å². The Morgan fingerprint density at radius 2 is 2.12 bits per heavy atom. The molecule has 3 atom stereocenters. The van der Waals surface area contributed by atoms with E-state index in [-0.39, 0.29) is 17.1 Å². The maximum absolute atomic E-state index is 11.0. The Labute approximate surface area is 147 Å². The van der Waals surface area contributed by atoms with E-state index in [2.05, 4.69) is 29.2 Å². The number of phenolic OH excluding ortho intramolecular Hbond substituents is 1. The minimum atomic E-state index is -0.219. The molecule has 0 aromatic heterocycles. The Morgan fingerprint density at radius 3 is 2.80 bits per heavy atom. The highest BCUT2D eigenvalue weighted by molar-refractivity contribution is 6.00. The van der Waals surface area contributed by atoms with Crippen LogP contribution in [-0.4, -0.2) is 49.6 Å². The Hall–Kier alpha value is -2.21. The van der Waals surface area contributed by atoms with Crippen LogP contribution in [0.3, 0.4) is 0 Å². The van der Waals surface area contributed by atoms with Gasteiger partial charge in [0.25, 0.3) is 0 Å². The summed E-state index contributed by atoms with van der Waals surface area (Å²) in [5.74, 6) is 7.46. The van der Waals surface area contributed by atoms with Crippen molar-refractivity contribution in [3.8, 4) is 11.5 Å². The zero-order chi connectivity index (χ0) is 17.8. The monoisotopic (exact) mass is 343 g/mol. The van der Waals surface area contributed by atoms with Crippen molar-refractivity contribution >= 4 is 5.71 Å². The molecule has 0 saturated carbocycles. The van der Waals surface area contributed by atoms with E-state index in [1.54, 1.807) is 14.2 Å². The molecule has 0 radical (unpaired) electrons. The summed E-state index contributed by atoms with van der Waals surface area (Å²) in [6, 6.07) is 4.32. The van der Waals surface area contributed by atoms with Crippen LogP contribution in [0, 0.1) is 5.92 Å². The number of methoxy groups -OCH3 is 2. The van der Waals surface area contributed by atoms with E-state index in [1.165, 1.54) is 5.56 Å². The van der Waals surface area contributed by atoms with E-state index in [4.69, 9.17) is 15.3 Å². The predicted molar refractivity (Wildman–Crippen MR) is 95.9 cm³/mol. The number of likely N-dealkylation sites (N-methyl/N-ethyl adjacent to an activating group) is 1. The number of hydrogen-bond donors (Lipinski definition) is 2. The number of allylic oxidation sites excluding steroid dienone is 1. The van der Waals surface area contributed by atoms with Gasteiger partial charge in [0.2, 0.25) is 0 Å². The highest BCUT2D eigenvalue weighted by Crippen LogP contribution is 2.57. The first-order valence-corrected chi connectivity index (χ1v) is 8.68. The molecule has 1 aromatic rings. The van der Waals surface area contributed by atoms with Gasteiger partial charge in [-0.15, -0.1) is 0 Å². The maximum Gasteiger partial charge on any atom is 0.161 e. The Balaban J connectivity index is 1.98. The highest BCUT2D eigenvalue weighted by Gasteiger charge is 2.56. The third-order valence-electron chi connectivity index (χ3n) is 6.38. The van der Waals surface area contributed by atoms with E-state index in [0.717, 1.165) is 36.4 Å². The molecule has 25 heavy (non-hydrogen) atoms. The summed E-state index contributed by atoms with van der Waals surface area (Å²) in [5, 5.41) is 15.0. The lowest BCUT2D eigenvalue weighted by Crippen LogP contribution is -2.60. The summed E-state index contributed by atoms with van der Waals surface area (Å²) in [4.78, 5) is 2.42. The van der Waals surface area contributed by atoms with Crippen molar-refractivity contribution in [2.75, 3.05) is 27.8 Å². The first-order valence-electron chi connectivity index (χ1n) is 8.68. The first-order chi connectivity index (χ1) is 12.1. The summed E-state index contributed by atoms with van der Waals surface area (Å²) in [6.45, 7) is 0.977. The van der Waals surface area contributed by atoms with Crippen LogP contribution in [-0.2, 0) is 16.6 Å². The summed E-state index contributed by atoms with van der Waals surface area (Å²) in [6.07, 6.45) is 4.67. The van der Waals surface area contributed by atoms with Crippen LogP contribution in [0.5, 0.6) is 11.5 Å². The van der Waals surface area contributed by atoms with Gasteiger partial charge in [-0.05, 0) is 44.1 Å². The number of rotatable bonds is 2. The molecule has 0 unspecified atom stereocenters. The van der Waals surface area contributed by atoms with Crippen molar-refractivity contribution in [3.05, 3.63) is 35.1 Å². The molecule has 6 heteroatoms. The Kier molecular flexibility index (Phi) is 3.68. The lowest BCUT2D eigenvalue weighted by atomic mass is 9.53. The van der Waals surface area contributed by atoms with Gasteiger partial charge < -0.3 is 25.3 Å². The van der Waals surface area contributed by atoms with Crippen molar-refractivity contribution in [1.29, 1.82) is 0 Å². The van der Waals surface area contributed by atoms with Gasteiger partial charge in [-0.25, -0.2) is 0 Å². The van der Waals surface area contributed by atoms with Crippen LogP contribution in [0.15, 0.2) is 29.1 Å². The average Bonchev–Trinajstić information content (AvgIpc) is 2.63. The third-order valence-corrected chi connectivity index (χ3v) is 6.38. The van der Waals surface area contributed by atoms with Crippen molar-refractivity contribution in [2.24, 2.45) is 16.9 Å². The van der Waals surface area contributed by atoms with E-state index >= 15 is 0 Å². The number of aromatic hydroxyl groups is 1. The fourth-order valence-electron chi connectivity index (χ4n) is 5.16. The number of fused-ring (bicyclic) bond motifs is 1. The summed E-state index contributed by atoms with van der Waals surface area (Å²) < 4.78 is 10.9. The first kappa shape index (κ1) is 16.3. The molecule has 1 aromatic carbocycles. The topological polar surface area (TPSA) is 80.3 Å². The largest absolute Gasteiger partial charge is 0.504 e. The average molecular weight is 343 g/mol. The molecule has 0 amide bonds. The Morgan fingerprint density at radius 1 is 1.32 bits per heavy atom. The molecule has 1 aliphatic heterocycles. The SMILES string of the molecule is COC1=C[C@H]2[C@@H]3Cc4ccc(OC)c(O)c4[C@]2(CCN3C)C/C1=N\N. The fraction of sp³-hybridized carbons (Fsp3) is 0.526. The molecule has 4 rings (SSSR count). The molecule has 3 aliphatic rings. The van der Waals surface area contributed by atoms with Gasteiger partial charge in [-0.2, -0.15) is 5.10 Å². The van der Waals surface area contributed by atoms with Crippen molar-refractivity contribution in [1.82, 2.24) is 4.90 Å². The maximum atomic E-state index is 11.0. The molecule has 6 nitrogen and oxygen atoms in total. The molecule has 1 heterocycles. The van der Waals surface area contributed by atoms with Gasteiger partial charge in [-0.3, -0.25) is 0 Å². The minimum absolute atomic E-state index is 0.219. The number of benzene rings is 1. The number of hydrazone groups is 1. The number of nitrogens with zero attached hydrogens (tertiary/aromatic N) is 2. The van der Waals surface area contributed by atoms with E-state index < -0.39 is 0 Å². The van der Waals surface area contributed by atoms with Crippen LogP contribution in [0.4, 0.5) is 0 Å². The number of piperidine rings is 1. The zero-order valence-electron chi connectivity index (χ0n) is 15.0. The molecule has 1 fully saturated rings. The number of ether oxygens (including phenoxy) is 2. The predicted octanol–water partition coefficient (Wildman–Crippen LogP) is 1.76. The highest BCUT2D eigenvalue weighted by atomic mass is 16.5. The number of likely N-dealkylation sites (tertiary alicyclic amines) is 1. The minimum Gasteiger partial charge on any atom is -0.504 e. The molecule has 2 aliphatic carbocycles. The number of nitrogens with two attached hydrogens (primary N) is 1. The summed E-state index contributed by atoms with van der Waals surface area (Å²) >= 11 is 0. The van der Waals surface area contributed by atoms with Crippen LogP contribution in [0.25, 0.3) is 0 Å². The fourth-order valence-corrected chi connectivity index (χ4v) is 5.16. The van der Waals surface area contributed by atoms with Crippen LogP contribution in [0.2, 0.25) is 0 Å². The van der Waals surface area contributed by atoms with Gasteiger partial charge in [0.05, 0.1) is 14.2 Å². The number of phenols is 1. The smallest absolute Gasteiger partial charge is 0.161 e. The molecule has 134 valence electrons. The van der Waals surface area contributed by atoms with Crippen molar-refractivity contribution in [2.45, 2.75) is 30.7 Å². The number of hydrogen-bond acceptors (Lipinski definition) is 6. The second-order valence-corrected chi connectivity index (χ2v) is 7.32. The molecule has 3 N–H and O–H groups in total. The van der Waals surface area contributed by atoms with Gasteiger partial charge in [0.15, 0.2) is 11.5 Å². The second-order valence-electron chi connectivity index (χ2n) is 7.32. The lowest BCUT2D eigenvalue weighted by Gasteiger charge is -2.57. The lowest BCUT2D eigenvalue weighted by molar-refractivity contribution is 0.0526. The van der Waals surface area contributed by atoms with Crippen molar-refractivity contribution < 1.29 is 14.6 Å². The van der Waals surface area contributed by atoms with E-state index in [9.17, 15) is 5.11 Å². The third kappa shape index (κ3) is 2.10. The van der Waals surface area contributed by atoms with Gasteiger partial charge >= 0.3 is 0 Å². The van der Waals surface area contributed by atoms with Crippen LogP contribution >= 0.6 is 0 Å². The normalized spacial score (nSPS) is 32.6. The van der Waals surface area contributed by atoms with E-state index in [1.807, 2.05) is 6.07 Å². The quantitative estimate of drug-likeness (QED) is 0.632. The van der Waals surface area contributed by atoms with Gasteiger partial charge in [-0.1, -0.05) is 6.07 Å². The molecular weight excluding hydrogens is 318 g/mol. The molecule has 0 spiro atoms. The van der Waals surface area contributed by atoms with Gasteiger partial charge in [0.1, 0.15) is 11.5 Å². The summed E-state index contributed by atoms with van der Waals surface area (Å²) in [5.41, 5.74) is 2.74. The van der Waals surface area contributed by atoms with Gasteiger partial charge in [0, 0.05) is 29.4 Å². The van der Waals surface area contributed by atoms with Crippen LogP contribution in [0.1, 0.15) is 24.0 Å². The zero-order valence-corrected chi connectivity index (χ0v) is 15.0.